The number of nitrogen functional groups attached to an aromatic ring is 1. The topological polar surface area (TPSA) is 85.1 Å². The fourth-order valence-electron chi connectivity index (χ4n) is 1.50. The molecule has 1 heterocycles. The Labute approximate surface area is 130 Å². The minimum absolute atomic E-state index is 0.0453. The Balaban J connectivity index is 2.41. The average Bonchev–Trinajstić information content (AvgIpc) is 2.38. The summed E-state index contributed by atoms with van der Waals surface area (Å²) in [7, 11) is -3.77. The van der Waals surface area contributed by atoms with Crippen LogP contribution in [0.15, 0.2) is 39.8 Å². The summed E-state index contributed by atoms with van der Waals surface area (Å²) in [6, 6.07) is 6.50. The Hall–Kier alpha value is -1.31. The smallest absolute Gasteiger partial charge is 0.263 e. The summed E-state index contributed by atoms with van der Waals surface area (Å²) < 4.78 is 27.8. The van der Waals surface area contributed by atoms with E-state index in [0.29, 0.717) is 5.69 Å². The molecule has 2 rings (SSSR count). The largest absolute Gasteiger partial charge is 0.382 e. The van der Waals surface area contributed by atoms with Crippen LogP contribution in [0.3, 0.4) is 0 Å². The Morgan fingerprint density at radius 3 is 2.75 bits per heavy atom. The number of sulfonamides is 1. The van der Waals surface area contributed by atoms with Crippen molar-refractivity contribution >= 4 is 49.1 Å². The standard InChI is InChI=1S/C12H11BrClN3O2S/c1-7-9(13)3-2-4-11(7)17-20(18,19)8-5-10(14)12(15)16-6-8/h2-6,17H,1H3,(H2,15,16). The fraction of sp³-hybridized carbons (Fsp3) is 0.0833. The molecule has 0 aliphatic rings. The van der Waals surface area contributed by atoms with Crippen LogP contribution in [0.1, 0.15) is 5.56 Å². The lowest BCUT2D eigenvalue weighted by Crippen LogP contribution is -2.14. The molecule has 0 fully saturated rings. The Bertz CT molecular complexity index is 765. The molecular formula is C12H11BrClN3O2S. The number of hydrogen-bond donors (Lipinski definition) is 2. The van der Waals surface area contributed by atoms with E-state index in [9.17, 15) is 8.42 Å². The second kappa shape index (κ2) is 5.59. The van der Waals surface area contributed by atoms with Crippen molar-refractivity contribution in [3.63, 3.8) is 0 Å². The van der Waals surface area contributed by atoms with Crippen molar-refractivity contribution in [2.45, 2.75) is 11.8 Å². The number of aromatic nitrogens is 1. The van der Waals surface area contributed by atoms with Gasteiger partial charge in [-0.05, 0) is 30.7 Å². The first kappa shape index (κ1) is 15.1. The highest BCUT2D eigenvalue weighted by Gasteiger charge is 2.17. The van der Waals surface area contributed by atoms with E-state index in [1.165, 1.54) is 6.07 Å². The van der Waals surface area contributed by atoms with Gasteiger partial charge in [-0.25, -0.2) is 13.4 Å². The van der Waals surface area contributed by atoms with Gasteiger partial charge in [-0.1, -0.05) is 33.6 Å². The molecular weight excluding hydrogens is 366 g/mol. The lowest BCUT2D eigenvalue weighted by molar-refractivity contribution is 0.601. The van der Waals surface area contributed by atoms with Gasteiger partial charge in [0.25, 0.3) is 10.0 Å². The van der Waals surface area contributed by atoms with Gasteiger partial charge >= 0.3 is 0 Å². The lowest BCUT2D eigenvalue weighted by atomic mass is 10.2. The number of rotatable bonds is 3. The Morgan fingerprint density at radius 1 is 1.40 bits per heavy atom. The van der Waals surface area contributed by atoms with E-state index in [-0.39, 0.29) is 15.7 Å². The molecule has 8 heteroatoms. The van der Waals surface area contributed by atoms with Crippen LogP contribution in [-0.2, 0) is 10.0 Å². The summed E-state index contributed by atoms with van der Waals surface area (Å²) in [5.74, 6) is 0.0873. The normalized spacial score (nSPS) is 11.3. The zero-order valence-corrected chi connectivity index (χ0v) is 13.6. The third-order valence-electron chi connectivity index (χ3n) is 2.67. The van der Waals surface area contributed by atoms with E-state index in [1.54, 1.807) is 19.1 Å². The molecule has 0 amide bonds. The molecule has 2 aromatic rings. The zero-order valence-electron chi connectivity index (χ0n) is 10.4. The number of anilines is 2. The van der Waals surface area contributed by atoms with Gasteiger partial charge in [-0.2, -0.15) is 0 Å². The van der Waals surface area contributed by atoms with Crippen LogP contribution in [0.4, 0.5) is 11.5 Å². The number of pyridine rings is 1. The van der Waals surface area contributed by atoms with Crippen LogP contribution in [0.5, 0.6) is 0 Å². The van der Waals surface area contributed by atoms with Crippen LogP contribution < -0.4 is 10.5 Å². The van der Waals surface area contributed by atoms with Crippen molar-refractivity contribution < 1.29 is 8.42 Å². The predicted molar refractivity (Wildman–Crippen MR) is 83.3 cm³/mol. The number of nitrogens with zero attached hydrogens (tertiary/aromatic N) is 1. The van der Waals surface area contributed by atoms with Crippen LogP contribution in [0, 0.1) is 6.92 Å². The predicted octanol–water partition coefficient (Wildman–Crippen LogP) is 3.19. The highest BCUT2D eigenvalue weighted by atomic mass is 79.9. The summed E-state index contributed by atoms with van der Waals surface area (Å²) >= 11 is 9.14. The molecule has 0 unspecified atom stereocenters. The van der Waals surface area contributed by atoms with Gasteiger partial charge in [-0.3, -0.25) is 4.72 Å². The zero-order chi connectivity index (χ0) is 14.9. The van der Waals surface area contributed by atoms with E-state index in [2.05, 4.69) is 25.6 Å². The Morgan fingerprint density at radius 2 is 2.10 bits per heavy atom. The molecule has 0 atom stereocenters. The lowest BCUT2D eigenvalue weighted by Gasteiger charge is -2.11. The molecule has 0 aliphatic heterocycles. The molecule has 1 aromatic heterocycles. The number of benzene rings is 1. The SMILES string of the molecule is Cc1c(Br)cccc1NS(=O)(=O)c1cnc(N)c(Cl)c1. The van der Waals surface area contributed by atoms with Gasteiger partial charge in [0, 0.05) is 10.7 Å². The molecule has 20 heavy (non-hydrogen) atoms. The van der Waals surface area contributed by atoms with Crippen LogP contribution >= 0.6 is 27.5 Å². The van der Waals surface area contributed by atoms with Crippen molar-refractivity contribution in [1.82, 2.24) is 4.98 Å². The maximum absolute atomic E-state index is 12.3. The molecule has 106 valence electrons. The maximum atomic E-state index is 12.3. The summed E-state index contributed by atoms with van der Waals surface area (Å²) in [5, 5.41) is 0.0961. The first-order chi connectivity index (χ1) is 9.31. The summed E-state index contributed by atoms with van der Waals surface area (Å²) in [6.45, 7) is 1.80. The molecule has 3 N–H and O–H groups in total. The molecule has 0 saturated carbocycles. The van der Waals surface area contributed by atoms with Gasteiger partial charge in [0.15, 0.2) is 0 Å². The second-order valence-electron chi connectivity index (χ2n) is 4.06. The van der Waals surface area contributed by atoms with Crippen molar-refractivity contribution in [3.05, 3.63) is 45.5 Å². The number of nitrogens with two attached hydrogens (primary N) is 1. The highest BCUT2D eigenvalue weighted by Crippen LogP contribution is 2.27. The Kier molecular flexibility index (Phi) is 4.22. The van der Waals surface area contributed by atoms with Gasteiger partial charge in [0.1, 0.15) is 10.7 Å². The first-order valence-electron chi connectivity index (χ1n) is 5.50. The van der Waals surface area contributed by atoms with Crippen LogP contribution in [0.2, 0.25) is 5.02 Å². The third kappa shape index (κ3) is 3.05. The van der Waals surface area contributed by atoms with Crippen molar-refractivity contribution in [3.8, 4) is 0 Å². The van der Waals surface area contributed by atoms with E-state index >= 15 is 0 Å². The summed E-state index contributed by atoms with van der Waals surface area (Å²) in [4.78, 5) is 3.70. The van der Waals surface area contributed by atoms with E-state index in [4.69, 9.17) is 17.3 Å². The van der Waals surface area contributed by atoms with Gasteiger partial charge in [0.2, 0.25) is 0 Å². The number of hydrogen-bond acceptors (Lipinski definition) is 4. The van der Waals surface area contributed by atoms with Gasteiger partial charge < -0.3 is 5.73 Å². The van der Waals surface area contributed by atoms with Crippen molar-refractivity contribution in [2.24, 2.45) is 0 Å². The molecule has 0 spiro atoms. The van der Waals surface area contributed by atoms with Crippen molar-refractivity contribution in [2.75, 3.05) is 10.5 Å². The van der Waals surface area contributed by atoms with Gasteiger partial charge in [0.05, 0.1) is 10.7 Å². The second-order valence-corrected chi connectivity index (χ2v) is 7.00. The van der Waals surface area contributed by atoms with Crippen LogP contribution in [-0.4, -0.2) is 13.4 Å². The summed E-state index contributed by atoms with van der Waals surface area (Å²) in [6.07, 6.45) is 1.16. The monoisotopic (exact) mass is 375 g/mol. The molecule has 0 bridgehead atoms. The van der Waals surface area contributed by atoms with Crippen molar-refractivity contribution in [1.29, 1.82) is 0 Å². The minimum atomic E-state index is -3.77. The summed E-state index contributed by atoms with van der Waals surface area (Å²) in [5.41, 5.74) is 6.73. The number of halogens is 2. The highest BCUT2D eigenvalue weighted by molar-refractivity contribution is 9.10. The average molecular weight is 377 g/mol. The molecule has 5 nitrogen and oxygen atoms in total. The number of nitrogens with one attached hydrogen (secondary N) is 1. The molecule has 0 saturated heterocycles. The quantitative estimate of drug-likeness (QED) is 0.861. The fourth-order valence-corrected chi connectivity index (χ4v) is 3.19. The van der Waals surface area contributed by atoms with E-state index in [1.807, 2.05) is 6.07 Å². The molecule has 0 aliphatic carbocycles. The van der Waals surface area contributed by atoms with Gasteiger partial charge in [-0.15, -0.1) is 0 Å². The maximum Gasteiger partial charge on any atom is 0.263 e. The molecule has 1 aromatic carbocycles. The van der Waals surface area contributed by atoms with E-state index in [0.717, 1.165) is 16.2 Å². The van der Waals surface area contributed by atoms with Crippen LogP contribution in [0.25, 0.3) is 0 Å². The third-order valence-corrected chi connectivity index (χ3v) is 5.16. The van der Waals surface area contributed by atoms with E-state index < -0.39 is 10.0 Å². The molecule has 0 radical (unpaired) electrons. The first-order valence-corrected chi connectivity index (χ1v) is 8.15. The minimum Gasteiger partial charge on any atom is -0.382 e.